The number of carbonyl (C=O) groups is 1. The molecule has 7 heteroatoms. The molecule has 0 unspecified atom stereocenters. The van der Waals surface area contributed by atoms with E-state index in [0.29, 0.717) is 18.8 Å². The van der Waals surface area contributed by atoms with Crippen LogP contribution in [0.4, 0.5) is 0 Å². The van der Waals surface area contributed by atoms with Gasteiger partial charge in [0, 0.05) is 49.5 Å². The summed E-state index contributed by atoms with van der Waals surface area (Å²) >= 11 is 0. The van der Waals surface area contributed by atoms with Crippen molar-refractivity contribution in [2.75, 3.05) is 6.54 Å². The molecule has 1 fully saturated rings. The van der Waals surface area contributed by atoms with Gasteiger partial charge >= 0.3 is 0 Å². The average Bonchev–Trinajstić information content (AvgIpc) is 3.22. The molecule has 0 radical (unpaired) electrons. The lowest BCUT2D eigenvalue weighted by molar-refractivity contribution is -0.120. The van der Waals surface area contributed by atoms with E-state index in [0.717, 1.165) is 54.4 Å². The molecule has 37 heavy (non-hydrogen) atoms. The van der Waals surface area contributed by atoms with Crippen molar-refractivity contribution in [2.45, 2.75) is 90.0 Å². The van der Waals surface area contributed by atoms with Crippen molar-refractivity contribution in [3.8, 4) is 5.88 Å². The Kier molecular flexibility index (Phi) is 7.03. The molecule has 3 heterocycles. The van der Waals surface area contributed by atoms with Crippen LogP contribution in [0.1, 0.15) is 76.3 Å². The van der Waals surface area contributed by atoms with Gasteiger partial charge in [-0.3, -0.25) is 4.79 Å². The summed E-state index contributed by atoms with van der Waals surface area (Å²) in [5, 5.41) is 18.8. The van der Waals surface area contributed by atoms with Crippen molar-refractivity contribution in [1.82, 2.24) is 15.6 Å². The fraction of sp³-hybridized carbons (Fsp3) is 0.533. The lowest BCUT2D eigenvalue weighted by Gasteiger charge is -2.47. The van der Waals surface area contributed by atoms with Crippen LogP contribution < -0.4 is 15.4 Å². The largest absolute Gasteiger partial charge is 0.471 e. The lowest BCUT2D eigenvalue weighted by atomic mass is 9.73. The third kappa shape index (κ3) is 5.99. The van der Waals surface area contributed by atoms with Gasteiger partial charge in [0.15, 0.2) is 0 Å². The van der Waals surface area contributed by atoms with Gasteiger partial charge in [-0.05, 0) is 54.9 Å². The highest BCUT2D eigenvalue weighted by molar-refractivity contribution is 5.77. The van der Waals surface area contributed by atoms with Crippen LogP contribution in [0.2, 0.25) is 0 Å². The normalized spacial score (nSPS) is 20.1. The number of aliphatic hydroxyl groups is 1. The molecule has 1 spiro atoms. The van der Waals surface area contributed by atoms with Crippen molar-refractivity contribution < 1.29 is 19.1 Å². The standard InChI is InChI=1S/C30H39N3O4/c1-19(34)33-24(14-22-13-21-8-5-6-9-27(21)36-22)26(35)18-31-25-16-30(10-7-11-30)37-28-23(25)12-20(17-32-28)15-29(2,3)4/h5-6,8-9,12-13,17,24-26,31,35H,7,10-11,14-16,18H2,1-4H3,(H,33,34)/t24-,25-,26+/m0/s1. The molecule has 7 nitrogen and oxygen atoms in total. The number of aliphatic hydroxyl groups excluding tert-OH is 1. The van der Waals surface area contributed by atoms with Crippen molar-refractivity contribution in [3.05, 3.63) is 59.5 Å². The molecule has 1 aromatic carbocycles. The number of benzene rings is 1. The maximum atomic E-state index is 12.0. The smallest absolute Gasteiger partial charge is 0.218 e. The minimum absolute atomic E-state index is 0.0234. The first-order valence-electron chi connectivity index (χ1n) is 13.4. The molecular formula is C30H39N3O4. The van der Waals surface area contributed by atoms with E-state index in [4.69, 9.17) is 14.1 Å². The third-order valence-corrected chi connectivity index (χ3v) is 7.52. The number of hydrogen-bond acceptors (Lipinski definition) is 6. The maximum Gasteiger partial charge on any atom is 0.218 e. The first kappa shape index (κ1) is 25.7. The summed E-state index contributed by atoms with van der Waals surface area (Å²) < 4.78 is 12.4. The number of rotatable bonds is 8. The molecule has 1 aliphatic carbocycles. The van der Waals surface area contributed by atoms with E-state index in [1.807, 2.05) is 36.5 Å². The minimum Gasteiger partial charge on any atom is -0.471 e. The van der Waals surface area contributed by atoms with Gasteiger partial charge in [-0.25, -0.2) is 4.98 Å². The number of aromatic nitrogens is 1. The van der Waals surface area contributed by atoms with Gasteiger partial charge in [0.05, 0.1) is 12.1 Å². The number of amides is 1. The Balaban J connectivity index is 1.32. The van der Waals surface area contributed by atoms with Crippen molar-refractivity contribution >= 4 is 16.9 Å². The Hall–Kier alpha value is -2.90. The molecule has 2 aromatic heterocycles. The molecule has 3 atom stereocenters. The average molecular weight is 506 g/mol. The van der Waals surface area contributed by atoms with Crippen molar-refractivity contribution in [2.24, 2.45) is 5.41 Å². The van der Waals surface area contributed by atoms with E-state index in [1.165, 1.54) is 12.5 Å². The predicted octanol–water partition coefficient (Wildman–Crippen LogP) is 4.86. The summed E-state index contributed by atoms with van der Waals surface area (Å²) in [6.07, 6.45) is 6.54. The fourth-order valence-electron chi connectivity index (χ4n) is 5.65. The zero-order valence-corrected chi connectivity index (χ0v) is 22.3. The highest BCUT2D eigenvalue weighted by Crippen LogP contribution is 2.48. The fourth-order valence-corrected chi connectivity index (χ4v) is 5.65. The summed E-state index contributed by atoms with van der Waals surface area (Å²) in [6.45, 7) is 8.48. The number of ether oxygens (including phenoxy) is 1. The van der Waals surface area contributed by atoms with Crippen LogP contribution in [0, 0.1) is 5.41 Å². The van der Waals surface area contributed by atoms with Gasteiger partial charge in [0.2, 0.25) is 11.8 Å². The molecule has 5 rings (SSSR count). The number of para-hydroxylation sites is 1. The molecule has 1 amide bonds. The van der Waals surface area contributed by atoms with Crippen LogP contribution in [0.15, 0.2) is 47.0 Å². The zero-order chi connectivity index (χ0) is 26.2. The summed E-state index contributed by atoms with van der Waals surface area (Å²) in [5.41, 5.74) is 3.03. The summed E-state index contributed by atoms with van der Waals surface area (Å²) in [5.74, 6) is 1.26. The Labute approximate surface area is 219 Å². The van der Waals surface area contributed by atoms with Crippen LogP contribution in [0.5, 0.6) is 5.88 Å². The number of carbonyl (C=O) groups excluding carboxylic acids is 1. The number of hydrogen-bond donors (Lipinski definition) is 3. The van der Waals surface area contributed by atoms with Gasteiger partial charge < -0.3 is 24.9 Å². The first-order chi connectivity index (χ1) is 17.6. The summed E-state index contributed by atoms with van der Waals surface area (Å²) in [4.78, 5) is 16.7. The van der Waals surface area contributed by atoms with Crippen molar-refractivity contribution in [1.29, 1.82) is 0 Å². The highest BCUT2D eigenvalue weighted by atomic mass is 16.5. The molecule has 0 saturated heterocycles. The molecule has 0 bridgehead atoms. The Bertz CT molecular complexity index is 1220. The van der Waals surface area contributed by atoms with E-state index in [-0.39, 0.29) is 23.0 Å². The van der Waals surface area contributed by atoms with Crippen LogP contribution in [0.3, 0.4) is 0 Å². The zero-order valence-electron chi connectivity index (χ0n) is 22.3. The lowest BCUT2D eigenvalue weighted by Crippen LogP contribution is -2.52. The van der Waals surface area contributed by atoms with E-state index in [1.54, 1.807) is 0 Å². The molecule has 1 aliphatic heterocycles. The van der Waals surface area contributed by atoms with Gasteiger partial charge in [0.1, 0.15) is 16.9 Å². The van der Waals surface area contributed by atoms with Gasteiger partial charge in [-0.15, -0.1) is 0 Å². The second-order valence-corrected chi connectivity index (χ2v) is 12.1. The Morgan fingerprint density at radius 2 is 2.03 bits per heavy atom. The van der Waals surface area contributed by atoms with E-state index < -0.39 is 12.1 Å². The minimum atomic E-state index is -0.800. The summed E-state index contributed by atoms with van der Waals surface area (Å²) in [6, 6.07) is 11.5. The number of pyridine rings is 1. The quantitative estimate of drug-likeness (QED) is 0.405. The maximum absolute atomic E-state index is 12.0. The molecule has 198 valence electrons. The Morgan fingerprint density at radius 3 is 2.70 bits per heavy atom. The van der Waals surface area contributed by atoms with Crippen LogP contribution in [-0.4, -0.2) is 40.3 Å². The van der Waals surface area contributed by atoms with Crippen LogP contribution in [0.25, 0.3) is 11.0 Å². The van der Waals surface area contributed by atoms with Gasteiger partial charge in [-0.2, -0.15) is 0 Å². The highest BCUT2D eigenvalue weighted by Gasteiger charge is 2.46. The second kappa shape index (κ2) is 10.1. The predicted molar refractivity (Wildman–Crippen MR) is 143 cm³/mol. The molecule has 3 aromatic rings. The monoisotopic (exact) mass is 505 g/mol. The number of nitrogens with one attached hydrogen (secondary N) is 2. The molecule has 3 N–H and O–H groups in total. The van der Waals surface area contributed by atoms with Crippen LogP contribution >= 0.6 is 0 Å². The topological polar surface area (TPSA) is 96.6 Å². The number of furan rings is 1. The van der Waals surface area contributed by atoms with Gasteiger partial charge in [-0.1, -0.05) is 39.0 Å². The SMILES string of the molecule is CC(=O)N[C@@H](Cc1cc2ccccc2o1)[C@H](O)CN[C@H]1CC2(CCC2)Oc2ncc(CC(C)(C)C)cc21. The second-order valence-electron chi connectivity index (χ2n) is 12.1. The van der Waals surface area contributed by atoms with Crippen LogP contribution in [-0.2, 0) is 17.6 Å². The number of fused-ring (bicyclic) bond motifs is 2. The molecule has 2 aliphatic rings. The summed E-state index contributed by atoms with van der Waals surface area (Å²) in [7, 11) is 0. The molecule has 1 saturated carbocycles. The van der Waals surface area contributed by atoms with Crippen molar-refractivity contribution in [3.63, 3.8) is 0 Å². The van der Waals surface area contributed by atoms with E-state index >= 15 is 0 Å². The van der Waals surface area contributed by atoms with Gasteiger partial charge in [0.25, 0.3) is 0 Å². The number of nitrogens with zero attached hydrogens (tertiary/aromatic N) is 1. The van der Waals surface area contributed by atoms with E-state index in [9.17, 15) is 9.90 Å². The Morgan fingerprint density at radius 1 is 1.24 bits per heavy atom. The van der Waals surface area contributed by atoms with E-state index in [2.05, 4.69) is 37.5 Å². The first-order valence-corrected chi connectivity index (χ1v) is 13.4. The third-order valence-electron chi connectivity index (χ3n) is 7.52. The molecular weight excluding hydrogens is 466 g/mol.